The number of hydrogen-bond donors (Lipinski definition) is 3. The lowest BCUT2D eigenvalue weighted by Gasteiger charge is -2.32. The molecule has 33 heavy (non-hydrogen) atoms. The number of likely N-dealkylation sites (N-methyl/N-ethyl adjacent to an activating group) is 1. The third kappa shape index (κ3) is 6.13. The highest BCUT2D eigenvalue weighted by Gasteiger charge is 2.24. The predicted molar refractivity (Wildman–Crippen MR) is 131 cm³/mol. The van der Waals surface area contributed by atoms with Crippen LogP contribution in [0.2, 0.25) is 5.02 Å². The molecule has 0 bridgehead atoms. The Morgan fingerprint density at radius 3 is 2.55 bits per heavy atom. The summed E-state index contributed by atoms with van der Waals surface area (Å²) >= 11 is 6.24. The Bertz CT molecular complexity index is 1110. The minimum absolute atomic E-state index is 0.141. The van der Waals surface area contributed by atoms with Crippen molar-refractivity contribution in [2.24, 2.45) is 0 Å². The van der Waals surface area contributed by atoms with Gasteiger partial charge in [0.15, 0.2) is 0 Å². The van der Waals surface area contributed by atoms with Crippen LogP contribution in [0.15, 0.2) is 54.7 Å². The Morgan fingerprint density at radius 2 is 1.76 bits per heavy atom. The number of piperazine rings is 1. The Balaban J connectivity index is 1.45. The molecule has 2 amide bonds. The molecule has 1 aromatic heterocycles. The minimum Gasteiger partial charge on any atom is -0.361 e. The first-order valence-corrected chi connectivity index (χ1v) is 11.6. The molecule has 1 atom stereocenters. The van der Waals surface area contributed by atoms with Crippen molar-refractivity contribution in [2.45, 2.75) is 19.0 Å². The molecule has 1 fully saturated rings. The molecule has 1 unspecified atom stereocenters. The molecule has 2 aromatic carbocycles. The SMILES string of the molecule is CN1CCN(CC(=O)NC(Cc2c[nH]c3ccccc23)C(=O)NCc2ccccc2Cl)CC1. The normalized spacial score (nSPS) is 15.9. The molecule has 7 nitrogen and oxygen atoms in total. The van der Waals surface area contributed by atoms with Crippen molar-refractivity contribution in [3.05, 3.63) is 70.9 Å². The number of halogens is 1. The molecule has 8 heteroatoms. The lowest BCUT2D eigenvalue weighted by Crippen LogP contribution is -2.52. The number of benzene rings is 2. The molecule has 3 N–H and O–H groups in total. The summed E-state index contributed by atoms with van der Waals surface area (Å²) in [6.45, 7) is 4.15. The lowest BCUT2D eigenvalue weighted by atomic mass is 10.0. The number of para-hydroxylation sites is 1. The summed E-state index contributed by atoms with van der Waals surface area (Å²) in [4.78, 5) is 33.6. The highest BCUT2D eigenvalue weighted by Crippen LogP contribution is 2.19. The van der Waals surface area contributed by atoms with Gasteiger partial charge in [0.2, 0.25) is 11.8 Å². The Hall–Kier alpha value is -2.87. The van der Waals surface area contributed by atoms with E-state index in [2.05, 4.69) is 32.5 Å². The van der Waals surface area contributed by atoms with Gasteiger partial charge in [-0.05, 0) is 30.3 Å². The molecule has 4 rings (SSSR count). The van der Waals surface area contributed by atoms with E-state index in [0.717, 1.165) is 48.2 Å². The van der Waals surface area contributed by atoms with E-state index in [1.807, 2.05) is 48.7 Å². The molecular formula is C25H30ClN5O2. The summed E-state index contributed by atoms with van der Waals surface area (Å²) in [5.41, 5.74) is 2.83. The van der Waals surface area contributed by atoms with Gasteiger partial charge in [0.1, 0.15) is 6.04 Å². The summed E-state index contributed by atoms with van der Waals surface area (Å²) in [7, 11) is 2.08. The molecule has 0 spiro atoms. The molecule has 0 aliphatic carbocycles. The zero-order valence-electron chi connectivity index (χ0n) is 18.8. The molecular weight excluding hydrogens is 438 g/mol. The van der Waals surface area contributed by atoms with Gasteiger partial charge < -0.3 is 20.5 Å². The maximum Gasteiger partial charge on any atom is 0.243 e. The van der Waals surface area contributed by atoms with Crippen LogP contribution in [-0.2, 0) is 22.6 Å². The van der Waals surface area contributed by atoms with E-state index in [9.17, 15) is 9.59 Å². The molecule has 1 saturated heterocycles. The molecule has 0 saturated carbocycles. The van der Waals surface area contributed by atoms with Gasteiger partial charge in [0.25, 0.3) is 0 Å². The average molecular weight is 468 g/mol. The summed E-state index contributed by atoms with van der Waals surface area (Å²) in [6.07, 6.45) is 2.30. The van der Waals surface area contributed by atoms with Crippen LogP contribution in [0.3, 0.4) is 0 Å². The van der Waals surface area contributed by atoms with E-state index in [1.165, 1.54) is 0 Å². The lowest BCUT2D eigenvalue weighted by molar-refractivity contribution is -0.129. The van der Waals surface area contributed by atoms with Crippen LogP contribution in [0.25, 0.3) is 10.9 Å². The Labute approximate surface area is 199 Å². The van der Waals surface area contributed by atoms with Crippen molar-refractivity contribution in [1.82, 2.24) is 25.4 Å². The van der Waals surface area contributed by atoms with Gasteiger partial charge in [-0.3, -0.25) is 14.5 Å². The molecule has 1 aliphatic heterocycles. The van der Waals surface area contributed by atoms with Gasteiger partial charge in [-0.15, -0.1) is 0 Å². The number of H-pyrrole nitrogens is 1. The predicted octanol–water partition coefficient (Wildman–Crippen LogP) is 2.41. The van der Waals surface area contributed by atoms with E-state index < -0.39 is 6.04 Å². The number of hydrogen-bond acceptors (Lipinski definition) is 4. The largest absolute Gasteiger partial charge is 0.361 e. The maximum absolute atomic E-state index is 13.2. The number of rotatable bonds is 8. The van der Waals surface area contributed by atoms with Crippen LogP contribution in [0.5, 0.6) is 0 Å². The first kappa shape index (κ1) is 23.3. The van der Waals surface area contributed by atoms with E-state index >= 15 is 0 Å². The van der Waals surface area contributed by atoms with E-state index in [-0.39, 0.29) is 18.4 Å². The fourth-order valence-corrected chi connectivity index (χ4v) is 4.33. The van der Waals surface area contributed by atoms with Crippen LogP contribution in [0.1, 0.15) is 11.1 Å². The van der Waals surface area contributed by atoms with Gasteiger partial charge in [0, 0.05) is 61.3 Å². The number of aromatic amines is 1. The van der Waals surface area contributed by atoms with Crippen LogP contribution < -0.4 is 10.6 Å². The van der Waals surface area contributed by atoms with Crippen LogP contribution in [0, 0.1) is 0 Å². The minimum atomic E-state index is -0.688. The standard InChI is InChI=1S/C25H30ClN5O2/c1-30-10-12-31(13-11-30)17-24(32)29-23(14-19-16-27-22-9-5-3-7-20(19)22)25(33)28-15-18-6-2-4-8-21(18)26/h2-9,16,23,27H,10-15,17H2,1H3,(H,28,33)(H,29,32). The van der Waals surface area contributed by atoms with Crippen molar-refractivity contribution in [1.29, 1.82) is 0 Å². The highest BCUT2D eigenvalue weighted by molar-refractivity contribution is 6.31. The quantitative estimate of drug-likeness (QED) is 0.475. The highest BCUT2D eigenvalue weighted by atomic mass is 35.5. The van der Waals surface area contributed by atoms with Gasteiger partial charge in [-0.25, -0.2) is 0 Å². The fraction of sp³-hybridized carbons (Fsp3) is 0.360. The zero-order chi connectivity index (χ0) is 23.2. The second-order valence-corrected chi connectivity index (χ2v) is 8.98. The summed E-state index contributed by atoms with van der Waals surface area (Å²) in [5.74, 6) is -0.371. The second kappa shape index (κ2) is 10.8. The first-order valence-electron chi connectivity index (χ1n) is 11.3. The number of carbonyl (C=O) groups is 2. The summed E-state index contributed by atoms with van der Waals surface area (Å²) in [6, 6.07) is 14.7. The number of carbonyl (C=O) groups excluding carboxylic acids is 2. The Morgan fingerprint density at radius 1 is 1.03 bits per heavy atom. The number of nitrogens with zero attached hydrogens (tertiary/aromatic N) is 2. The molecule has 1 aliphatic rings. The third-order valence-corrected chi connectivity index (χ3v) is 6.49. The maximum atomic E-state index is 13.2. The third-order valence-electron chi connectivity index (χ3n) is 6.12. The van der Waals surface area contributed by atoms with Crippen LogP contribution in [0.4, 0.5) is 0 Å². The van der Waals surface area contributed by atoms with E-state index in [4.69, 9.17) is 11.6 Å². The summed E-state index contributed by atoms with van der Waals surface area (Å²) in [5, 5.41) is 7.58. The van der Waals surface area contributed by atoms with Crippen molar-refractivity contribution < 1.29 is 9.59 Å². The second-order valence-electron chi connectivity index (χ2n) is 8.57. The topological polar surface area (TPSA) is 80.5 Å². The van der Waals surface area contributed by atoms with Crippen LogP contribution >= 0.6 is 11.6 Å². The van der Waals surface area contributed by atoms with Gasteiger partial charge in [-0.2, -0.15) is 0 Å². The monoisotopic (exact) mass is 467 g/mol. The molecule has 2 heterocycles. The van der Waals surface area contributed by atoms with Crippen molar-refractivity contribution >= 4 is 34.3 Å². The number of fused-ring (bicyclic) bond motifs is 1. The molecule has 174 valence electrons. The molecule has 3 aromatic rings. The Kier molecular flexibility index (Phi) is 7.65. The van der Waals surface area contributed by atoms with Crippen molar-refractivity contribution in [3.63, 3.8) is 0 Å². The summed E-state index contributed by atoms with van der Waals surface area (Å²) < 4.78 is 0. The zero-order valence-corrected chi connectivity index (χ0v) is 19.6. The van der Waals surface area contributed by atoms with E-state index in [0.29, 0.717) is 18.0 Å². The van der Waals surface area contributed by atoms with Gasteiger partial charge >= 0.3 is 0 Å². The van der Waals surface area contributed by atoms with Crippen LogP contribution in [-0.4, -0.2) is 72.4 Å². The number of nitrogens with one attached hydrogen (secondary N) is 3. The van der Waals surface area contributed by atoms with Crippen molar-refractivity contribution in [2.75, 3.05) is 39.8 Å². The first-order chi connectivity index (χ1) is 16.0. The number of amides is 2. The van der Waals surface area contributed by atoms with Crippen molar-refractivity contribution in [3.8, 4) is 0 Å². The average Bonchev–Trinajstić information content (AvgIpc) is 3.22. The fourth-order valence-electron chi connectivity index (χ4n) is 4.13. The smallest absolute Gasteiger partial charge is 0.243 e. The molecule has 0 radical (unpaired) electrons. The number of aromatic nitrogens is 1. The van der Waals surface area contributed by atoms with Gasteiger partial charge in [0.05, 0.1) is 6.54 Å². The van der Waals surface area contributed by atoms with E-state index in [1.54, 1.807) is 6.07 Å². The van der Waals surface area contributed by atoms with Gasteiger partial charge in [-0.1, -0.05) is 48.0 Å².